The van der Waals surface area contributed by atoms with E-state index < -0.39 is 5.79 Å². The van der Waals surface area contributed by atoms with E-state index in [1.807, 2.05) is 13.8 Å². The third kappa shape index (κ3) is 2.80. The first kappa shape index (κ1) is 14.5. The molecule has 2 fully saturated rings. The number of benzene rings is 1. The van der Waals surface area contributed by atoms with Crippen molar-refractivity contribution in [3.05, 3.63) is 35.4 Å². The maximum absolute atomic E-state index is 10.8. The first-order valence-electron chi connectivity index (χ1n) is 7.56. The summed E-state index contributed by atoms with van der Waals surface area (Å²) in [6.45, 7) is 4.42. The van der Waals surface area contributed by atoms with Crippen molar-refractivity contribution in [1.29, 1.82) is 0 Å². The lowest BCUT2D eigenvalue weighted by Crippen LogP contribution is -2.20. The van der Waals surface area contributed by atoms with Crippen molar-refractivity contribution >= 4 is 6.08 Å². The van der Waals surface area contributed by atoms with Gasteiger partial charge in [0.15, 0.2) is 5.79 Å². The van der Waals surface area contributed by atoms with E-state index >= 15 is 0 Å². The van der Waals surface area contributed by atoms with Gasteiger partial charge in [0.1, 0.15) is 6.10 Å². The molecule has 0 bridgehead atoms. The highest BCUT2D eigenvalue weighted by Gasteiger charge is 2.37. The number of nitrogens with zero attached hydrogens (tertiary/aromatic N) is 1. The second-order valence-corrected chi connectivity index (χ2v) is 6.38. The fraction of sp³-hybridized carbons (Fsp3) is 0.588. The van der Waals surface area contributed by atoms with Crippen LogP contribution in [0.25, 0.3) is 0 Å². The summed E-state index contributed by atoms with van der Waals surface area (Å²) in [5.41, 5.74) is 1.85. The van der Waals surface area contributed by atoms with Crippen LogP contribution in [0.5, 0.6) is 0 Å². The van der Waals surface area contributed by atoms with Crippen molar-refractivity contribution in [2.45, 2.75) is 57.0 Å². The van der Waals surface area contributed by atoms with Crippen molar-refractivity contribution in [3.63, 3.8) is 0 Å². The smallest absolute Gasteiger partial charge is 0.235 e. The molecule has 0 N–H and O–H groups in total. The topological polar surface area (TPSA) is 47.9 Å². The van der Waals surface area contributed by atoms with Crippen LogP contribution in [0.2, 0.25) is 0 Å². The maximum Gasteiger partial charge on any atom is 0.235 e. The van der Waals surface area contributed by atoms with Gasteiger partial charge in [0.2, 0.25) is 6.08 Å². The normalized spacial score (nSPS) is 26.5. The standard InChI is InChI=1S/C17H21NO3/c1-16(2)20-11-15(21-16)13-5-7-14(8-6-13)17(18-12-19)9-3-4-10-17/h5-8,15H,3-4,9-11H2,1-2H3. The molecule has 1 aromatic rings. The van der Waals surface area contributed by atoms with E-state index in [0.29, 0.717) is 6.61 Å². The first-order chi connectivity index (χ1) is 10.0. The molecule has 112 valence electrons. The molecule has 1 saturated heterocycles. The number of ether oxygens (including phenoxy) is 2. The highest BCUT2D eigenvalue weighted by molar-refractivity contribution is 5.39. The second-order valence-electron chi connectivity index (χ2n) is 6.38. The Labute approximate surface area is 125 Å². The maximum atomic E-state index is 10.8. The predicted molar refractivity (Wildman–Crippen MR) is 78.6 cm³/mol. The molecule has 4 heteroatoms. The molecule has 1 heterocycles. The zero-order valence-corrected chi connectivity index (χ0v) is 12.6. The molecule has 21 heavy (non-hydrogen) atoms. The molecule has 1 aromatic carbocycles. The van der Waals surface area contributed by atoms with E-state index in [-0.39, 0.29) is 11.6 Å². The summed E-state index contributed by atoms with van der Waals surface area (Å²) in [6.07, 6.45) is 5.81. The molecule has 0 amide bonds. The van der Waals surface area contributed by atoms with Crippen molar-refractivity contribution in [2.75, 3.05) is 6.61 Å². The van der Waals surface area contributed by atoms with E-state index in [1.54, 1.807) is 6.08 Å². The third-order valence-corrected chi connectivity index (χ3v) is 4.52. The molecular weight excluding hydrogens is 266 g/mol. The largest absolute Gasteiger partial charge is 0.347 e. The van der Waals surface area contributed by atoms with Crippen molar-refractivity contribution in [2.24, 2.45) is 4.99 Å². The molecule has 0 radical (unpaired) electrons. The lowest BCUT2D eigenvalue weighted by molar-refractivity contribution is -0.139. The van der Waals surface area contributed by atoms with Gasteiger partial charge in [-0.25, -0.2) is 4.79 Å². The van der Waals surface area contributed by atoms with Gasteiger partial charge >= 0.3 is 0 Å². The van der Waals surface area contributed by atoms with Gasteiger partial charge in [0.25, 0.3) is 0 Å². The Hall–Kier alpha value is -1.48. The van der Waals surface area contributed by atoms with Gasteiger partial charge in [-0.2, -0.15) is 4.99 Å². The molecule has 1 aliphatic heterocycles. The predicted octanol–water partition coefficient (Wildman–Crippen LogP) is 3.62. The minimum absolute atomic E-state index is 0.0249. The summed E-state index contributed by atoms with van der Waals surface area (Å²) in [5, 5.41) is 0. The summed E-state index contributed by atoms with van der Waals surface area (Å²) >= 11 is 0. The van der Waals surface area contributed by atoms with E-state index in [2.05, 4.69) is 29.3 Å². The van der Waals surface area contributed by atoms with E-state index in [1.165, 1.54) is 0 Å². The fourth-order valence-corrected chi connectivity index (χ4v) is 3.37. The van der Waals surface area contributed by atoms with Crippen molar-refractivity contribution < 1.29 is 14.3 Å². The Morgan fingerprint density at radius 2 is 1.86 bits per heavy atom. The van der Waals surface area contributed by atoms with Crippen LogP contribution < -0.4 is 0 Å². The Bertz CT molecular complexity index is 552. The van der Waals surface area contributed by atoms with Gasteiger partial charge in [-0.1, -0.05) is 37.1 Å². The van der Waals surface area contributed by atoms with Crippen LogP contribution >= 0.6 is 0 Å². The van der Waals surface area contributed by atoms with Gasteiger partial charge in [0.05, 0.1) is 12.1 Å². The lowest BCUT2D eigenvalue weighted by atomic mass is 9.88. The first-order valence-corrected chi connectivity index (χ1v) is 7.56. The van der Waals surface area contributed by atoms with Crippen molar-refractivity contribution in [3.8, 4) is 0 Å². The number of hydrogen-bond donors (Lipinski definition) is 0. The highest BCUT2D eigenvalue weighted by Crippen LogP contribution is 2.42. The lowest BCUT2D eigenvalue weighted by Gasteiger charge is -2.23. The molecule has 1 aliphatic carbocycles. The van der Waals surface area contributed by atoms with E-state index in [9.17, 15) is 4.79 Å². The molecule has 0 aromatic heterocycles. The molecular formula is C17H21NO3. The Kier molecular flexibility index (Phi) is 3.70. The number of isocyanates is 1. The minimum atomic E-state index is -0.516. The van der Waals surface area contributed by atoms with Gasteiger partial charge in [-0.15, -0.1) is 0 Å². The minimum Gasteiger partial charge on any atom is -0.347 e. The van der Waals surface area contributed by atoms with Gasteiger partial charge in [-0.3, -0.25) is 0 Å². The van der Waals surface area contributed by atoms with Crippen LogP contribution in [0.15, 0.2) is 29.3 Å². The SMILES string of the molecule is CC1(C)OCC(c2ccc(C3(N=C=O)CCCC3)cc2)O1. The summed E-state index contributed by atoms with van der Waals surface area (Å²) in [5.74, 6) is -0.516. The molecule has 4 nitrogen and oxygen atoms in total. The average molecular weight is 287 g/mol. The number of rotatable bonds is 3. The van der Waals surface area contributed by atoms with Crippen LogP contribution in [0, 0.1) is 0 Å². The van der Waals surface area contributed by atoms with Crippen LogP contribution in [0.3, 0.4) is 0 Å². The van der Waals surface area contributed by atoms with Gasteiger partial charge < -0.3 is 9.47 Å². The molecule has 1 saturated carbocycles. The van der Waals surface area contributed by atoms with E-state index in [0.717, 1.165) is 36.8 Å². The highest BCUT2D eigenvalue weighted by atomic mass is 16.7. The van der Waals surface area contributed by atoms with Crippen LogP contribution in [0.1, 0.15) is 56.8 Å². The fourth-order valence-electron chi connectivity index (χ4n) is 3.37. The Balaban J connectivity index is 1.82. The van der Waals surface area contributed by atoms with Gasteiger partial charge in [0, 0.05) is 0 Å². The summed E-state index contributed by atoms with van der Waals surface area (Å²) in [4.78, 5) is 14.9. The zero-order chi connectivity index (χ0) is 14.9. The molecule has 1 atom stereocenters. The van der Waals surface area contributed by atoms with Crippen LogP contribution in [-0.4, -0.2) is 18.5 Å². The second kappa shape index (κ2) is 5.38. The monoisotopic (exact) mass is 287 g/mol. The van der Waals surface area contributed by atoms with E-state index in [4.69, 9.17) is 9.47 Å². The zero-order valence-electron chi connectivity index (χ0n) is 12.6. The Morgan fingerprint density at radius 1 is 1.19 bits per heavy atom. The number of aliphatic imine (C=N–C) groups is 1. The van der Waals surface area contributed by atoms with Crippen molar-refractivity contribution in [1.82, 2.24) is 0 Å². The number of carbonyl (C=O) groups excluding carboxylic acids is 1. The average Bonchev–Trinajstić information content (AvgIpc) is 3.07. The molecule has 0 spiro atoms. The molecule has 2 aliphatic rings. The summed E-state index contributed by atoms with van der Waals surface area (Å²) in [6, 6.07) is 8.25. The molecule has 1 unspecified atom stereocenters. The van der Waals surface area contributed by atoms with Gasteiger partial charge in [-0.05, 0) is 37.8 Å². The Morgan fingerprint density at radius 3 is 2.38 bits per heavy atom. The molecule has 3 rings (SSSR count). The quantitative estimate of drug-likeness (QED) is 0.630. The summed E-state index contributed by atoms with van der Waals surface area (Å²) < 4.78 is 11.5. The van der Waals surface area contributed by atoms with Crippen LogP contribution in [0.4, 0.5) is 0 Å². The summed E-state index contributed by atoms with van der Waals surface area (Å²) in [7, 11) is 0. The number of hydrogen-bond acceptors (Lipinski definition) is 4. The third-order valence-electron chi connectivity index (χ3n) is 4.52. The van der Waals surface area contributed by atoms with Crippen LogP contribution in [-0.2, 0) is 19.8 Å².